The average molecular weight is 380 g/mol. The zero-order valence-electron chi connectivity index (χ0n) is 15.9. The zero-order valence-corrected chi connectivity index (χ0v) is 15.9. The standard InChI is InChI=1S/C20H24N6O2/c1-24-12-14(27)11-17(24)19-23-22-18-6-7-25(8-9-26(18)19)20(28)16-10-13-4-2-3-5-15(13)21-16/h2-5,10,14,17,21,27H,6-9,11-12H2,1H3/t14-,17+/m1/s1. The van der Waals surface area contributed by atoms with Crippen LogP contribution < -0.4 is 0 Å². The van der Waals surface area contributed by atoms with E-state index in [2.05, 4.69) is 24.6 Å². The van der Waals surface area contributed by atoms with Crippen molar-refractivity contribution < 1.29 is 9.90 Å². The number of nitrogens with zero attached hydrogens (tertiary/aromatic N) is 5. The molecule has 0 bridgehead atoms. The van der Waals surface area contributed by atoms with Crippen LogP contribution in [0.15, 0.2) is 30.3 Å². The van der Waals surface area contributed by atoms with Crippen molar-refractivity contribution in [2.75, 3.05) is 26.7 Å². The number of para-hydroxylation sites is 1. The summed E-state index contributed by atoms with van der Waals surface area (Å²) in [5.41, 5.74) is 1.60. The molecule has 2 aliphatic rings. The Bertz CT molecular complexity index is 992. The number of likely N-dealkylation sites (tertiary alicyclic amines) is 1. The maximum atomic E-state index is 13.0. The summed E-state index contributed by atoms with van der Waals surface area (Å²) >= 11 is 0. The highest BCUT2D eigenvalue weighted by atomic mass is 16.3. The highest BCUT2D eigenvalue weighted by molar-refractivity contribution is 5.98. The van der Waals surface area contributed by atoms with Crippen molar-refractivity contribution in [3.05, 3.63) is 47.7 Å². The minimum absolute atomic E-state index is 0.0184. The number of carbonyl (C=O) groups is 1. The van der Waals surface area contributed by atoms with Crippen LogP contribution in [0.1, 0.15) is 34.6 Å². The lowest BCUT2D eigenvalue weighted by Gasteiger charge is -2.21. The van der Waals surface area contributed by atoms with Crippen molar-refractivity contribution in [2.45, 2.75) is 31.5 Å². The van der Waals surface area contributed by atoms with E-state index in [1.54, 1.807) is 0 Å². The molecule has 2 N–H and O–H groups in total. The Labute approximate surface area is 162 Å². The number of aromatic amines is 1. The second-order valence-corrected chi connectivity index (χ2v) is 7.78. The van der Waals surface area contributed by atoms with Crippen molar-refractivity contribution in [1.29, 1.82) is 0 Å². The van der Waals surface area contributed by atoms with Gasteiger partial charge in [-0.2, -0.15) is 0 Å². The molecule has 0 unspecified atom stereocenters. The van der Waals surface area contributed by atoms with Gasteiger partial charge in [0.1, 0.15) is 11.5 Å². The highest BCUT2D eigenvalue weighted by Gasteiger charge is 2.34. The fourth-order valence-electron chi connectivity index (χ4n) is 4.43. The first-order valence-corrected chi connectivity index (χ1v) is 9.77. The summed E-state index contributed by atoms with van der Waals surface area (Å²) in [6.45, 7) is 2.56. The third-order valence-electron chi connectivity index (χ3n) is 5.93. The fraction of sp³-hybridized carbons (Fsp3) is 0.450. The zero-order chi connectivity index (χ0) is 19.3. The monoisotopic (exact) mass is 380 g/mol. The number of hydrogen-bond acceptors (Lipinski definition) is 5. The maximum Gasteiger partial charge on any atom is 0.270 e. The molecule has 0 radical (unpaired) electrons. The van der Waals surface area contributed by atoms with Gasteiger partial charge in [0.2, 0.25) is 0 Å². The summed E-state index contributed by atoms with van der Waals surface area (Å²) in [6.07, 6.45) is 1.03. The van der Waals surface area contributed by atoms with Crippen molar-refractivity contribution in [2.24, 2.45) is 0 Å². The number of likely N-dealkylation sites (N-methyl/N-ethyl adjacent to an activating group) is 1. The Hall–Kier alpha value is -2.71. The van der Waals surface area contributed by atoms with Gasteiger partial charge in [-0.15, -0.1) is 10.2 Å². The number of rotatable bonds is 2. The lowest BCUT2D eigenvalue weighted by molar-refractivity contribution is 0.0753. The SMILES string of the molecule is CN1C[C@H](O)C[C@H]1c1nnc2n1CCN(C(=O)c1cc3ccccc3[nH]1)CC2. The third-order valence-corrected chi connectivity index (χ3v) is 5.93. The Morgan fingerprint density at radius 3 is 2.86 bits per heavy atom. The van der Waals surface area contributed by atoms with E-state index in [0.29, 0.717) is 44.7 Å². The first-order valence-electron chi connectivity index (χ1n) is 9.77. The van der Waals surface area contributed by atoms with Crippen molar-refractivity contribution in [3.8, 4) is 0 Å². The van der Waals surface area contributed by atoms with E-state index in [9.17, 15) is 9.90 Å². The van der Waals surface area contributed by atoms with Gasteiger partial charge in [-0.1, -0.05) is 18.2 Å². The van der Waals surface area contributed by atoms with E-state index in [1.807, 2.05) is 42.3 Å². The Kier molecular flexibility index (Phi) is 4.17. The van der Waals surface area contributed by atoms with Gasteiger partial charge in [-0.3, -0.25) is 9.69 Å². The van der Waals surface area contributed by atoms with Gasteiger partial charge in [0, 0.05) is 43.5 Å². The van der Waals surface area contributed by atoms with Gasteiger partial charge >= 0.3 is 0 Å². The van der Waals surface area contributed by atoms with Gasteiger partial charge in [0.15, 0.2) is 5.82 Å². The van der Waals surface area contributed by atoms with Crippen LogP contribution in [0.2, 0.25) is 0 Å². The molecule has 0 aliphatic carbocycles. The molecule has 4 heterocycles. The van der Waals surface area contributed by atoms with Crippen LogP contribution in [-0.2, 0) is 13.0 Å². The quantitative estimate of drug-likeness (QED) is 0.697. The van der Waals surface area contributed by atoms with E-state index in [0.717, 1.165) is 22.6 Å². The van der Waals surface area contributed by atoms with Gasteiger partial charge in [-0.25, -0.2) is 0 Å². The van der Waals surface area contributed by atoms with Crippen LogP contribution in [-0.4, -0.2) is 73.3 Å². The van der Waals surface area contributed by atoms with Crippen LogP contribution in [0.5, 0.6) is 0 Å². The van der Waals surface area contributed by atoms with E-state index in [-0.39, 0.29) is 18.1 Å². The van der Waals surface area contributed by atoms with E-state index in [4.69, 9.17) is 0 Å². The van der Waals surface area contributed by atoms with E-state index >= 15 is 0 Å². The smallest absolute Gasteiger partial charge is 0.270 e. The first kappa shape index (κ1) is 17.4. The number of β-amino-alcohol motifs (C(OH)–C–C–N with tert-alkyl or cyclic N) is 1. The lowest BCUT2D eigenvalue weighted by atomic mass is 10.2. The molecule has 2 atom stereocenters. The summed E-state index contributed by atoms with van der Waals surface area (Å²) in [5.74, 6) is 1.83. The molecule has 2 aromatic heterocycles. The Balaban J connectivity index is 1.36. The maximum absolute atomic E-state index is 13.0. The molecular formula is C20H24N6O2. The first-order chi connectivity index (χ1) is 13.6. The van der Waals surface area contributed by atoms with E-state index in [1.165, 1.54) is 0 Å². The molecule has 8 nitrogen and oxygen atoms in total. The van der Waals surface area contributed by atoms with Crippen molar-refractivity contribution in [3.63, 3.8) is 0 Å². The number of aliphatic hydroxyl groups is 1. The number of hydrogen-bond donors (Lipinski definition) is 2. The number of benzene rings is 1. The fourth-order valence-corrected chi connectivity index (χ4v) is 4.43. The highest BCUT2D eigenvalue weighted by Crippen LogP contribution is 2.30. The van der Waals surface area contributed by atoms with Crippen LogP contribution in [0.4, 0.5) is 0 Å². The molecular weight excluding hydrogens is 356 g/mol. The second-order valence-electron chi connectivity index (χ2n) is 7.78. The number of H-pyrrole nitrogens is 1. The molecule has 1 fully saturated rings. The molecule has 3 aromatic rings. The Morgan fingerprint density at radius 2 is 2.07 bits per heavy atom. The molecule has 5 rings (SSSR count). The minimum Gasteiger partial charge on any atom is -0.392 e. The van der Waals surface area contributed by atoms with E-state index < -0.39 is 0 Å². The van der Waals surface area contributed by atoms with Gasteiger partial charge < -0.3 is 19.6 Å². The summed E-state index contributed by atoms with van der Waals surface area (Å²) in [4.78, 5) is 20.3. The van der Waals surface area contributed by atoms with Crippen LogP contribution in [0.3, 0.4) is 0 Å². The Morgan fingerprint density at radius 1 is 1.21 bits per heavy atom. The largest absolute Gasteiger partial charge is 0.392 e. The third kappa shape index (κ3) is 2.89. The lowest BCUT2D eigenvalue weighted by Crippen LogP contribution is -2.34. The number of carbonyl (C=O) groups excluding carboxylic acids is 1. The summed E-state index contributed by atoms with van der Waals surface area (Å²) < 4.78 is 2.14. The average Bonchev–Trinajstić information content (AvgIpc) is 3.34. The molecule has 1 saturated heterocycles. The number of amides is 1. The number of aliphatic hydroxyl groups excluding tert-OH is 1. The van der Waals surface area contributed by atoms with Crippen molar-refractivity contribution >= 4 is 16.8 Å². The normalized spacial score (nSPS) is 23.1. The van der Waals surface area contributed by atoms with Crippen LogP contribution in [0.25, 0.3) is 10.9 Å². The van der Waals surface area contributed by atoms with Crippen LogP contribution in [0, 0.1) is 0 Å². The molecule has 8 heteroatoms. The molecule has 1 amide bonds. The van der Waals surface area contributed by atoms with Gasteiger partial charge in [0.05, 0.1) is 12.1 Å². The number of nitrogens with one attached hydrogen (secondary N) is 1. The predicted octanol–water partition coefficient (Wildman–Crippen LogP) is 1.20. The summed E-state index contributed by atoms with van der Waals surface area (Å²) in [5, 5.41) is 19.8. The topological polar surface area (TPSA) is 90.3 Å². The summed E-state index contributed by atoms with van der Waals surface area (Å²) in [6, 6.07) is 9.92. The predicted molar refractivity (Wildman–Crippen MR) is 104 cm³/mol. The molecule has 28 heavy (non-hydrogen) atoms. The molecule has 146 valence electrons. The van der Waals surface area contributed by atoms with Gasteiger partial charge in [-0.05, 0) is 25.6 Å². The van der Waals surface area contributed by atoms with Crippen LogP contribution >= 0.6 is 0 Å². The molecule has 1 aromatic carbocycles. The molecule has 0 spiro atoms. The minimum atomic E-state index is -0.325. The summed E-state index contributed by atoms with van der Waals surface area (Å²) in [7, 11) is 2.00. The van der Waals surface area contributed by atoms with Gasteiger partial charge in [0.25, 0.3) is 5.91 Å². The second kappa shape index (κ2) is 6.72. The number of aromatic nitrogens is 4. The number of fused-ring (bicyclic) bond motifs is 2. The van der Waals surface area contributed by atoms with Crippen molar-refractivity contribution in [1.82, 2.24) is 29.5 Å². The molecule has 2 aliphatic heterocycles. The molecule has 0 saturated carbocycles.